The van der Waals surface area contributed by atoms with Crippen LogP contribution in [0.25, 0.3) is 0 Å². The van der Waals surface area contributed by atoms with Gasteiger partial charge in [0, 0.05) is 18.7 Å². The van der Waals surface area contributed by atoms with Gasteiger partial charge in [-0.15, -0.1) is 0 Å². The Labute approximate surface area is 165 Å². The highest BCUT2D eigenvalue weighted by Gasteiger charge is 2.23. The molecule has 0 saturated carbocycles. The zero-order valence-electron chi connectivity index (χ0n) is 16.1. The number of hydrogen-bond donors (Lipinski definition) is 0. The van der Waals surface area contributed by atoms with E-state index in [1.54, 1.807) is 16.7 Å². The number of rotatable bonds is 15. The Morgan fingerprint density at radius 2 is 1.52 bits per heavy atom. The van der Waals surface area contributed by atoms with Crippen LogP contribution in [0.5, 0.6) is 0 Å². The van der Waals surface area contributed by atoms with Crippen molar-refractivity contribution in [2.75, 3.05) is 12.3 Å². The summed E-state index contributed by atoms with van der Waals surface area (Å²) in [7, 11) is 0. The summed E-state index contributed by atoms with van der Waals surface area (Å²) in [5.41, 5.74) is 0. The van der Waals surface area contributed by atoms with Gasteiger partial charge in [0.25, 0.3) is 0 Å². The lowest BCUT2D eigenvalue weighted by molar-refractivity contribution is -0.126. The fourth-order valence-corrected chi connectivity index (χ4v) is 4.34. The molecule has 0 N–H and O–H groups in total. The molecule has 1 rings (SSSR count). The molecule has 1 amide bonds. The van der Waals surface area contributed by atoms with Crippen LogP contribution in [0.3, 0.4) is 0 Å². The van der Waals surface area contributed by atoms with E-state index < -0.39 is 0 Å². The number of unbranched alkanes of at least 4 members (excludes halogenated alkanes) is 11. The smallest absolute Gasteiger partial charge is 0.228 e. The number of hydrogen-bond acceptors (Lipinski definition) is 3. The summed E-state index contributed by atoms with van der Waals surface area (Å²) >= 11 is 6.82. The quantitative estimate of drug-likeness (QED) is 0.174. The van der Waals surface area contributed by atoms with Crippen molar-refractivity contribution in [1.82, 2.24) is 4.90 Å². The van der Waals surface area contributed by atoms with E-state index in [0.717, 1.165) is 23.0 Å². The van der Waals surface area contributed by atoms with Crippen LogP contribution in [0, 0.1) is 0 Å². The molecular weight excluding hydrogens is 346 g/mol. The monoisotopic (exact) mass is 383 g/mol. The first-order chi connectivity index (χ1) is 12.3. The van der Waals surface area contributed by atoms with Gasteiger partial charge in [0.05, 0.1) is 0 Å². The van der Waals surface area contributed by atoms with Crippen molar-refractivity contribution < 1.29 is 4.79 Å². The largest absolute Gasteiger partial charge is 0.297 e. The SMILES string of the molecule is CCCCCCCC/C=C/CCCCCCCC(=O)N1CCSC1=S. The molecule has 0 radical (unpaired) electrons. The van der Waals surface area contributed by atoms with Crippen LogP contribution < -0.4 is 0 Å². The predicted octanol–water partition coefficient (Wildman–Crippen LogP) is 6.88. The van der Waals surface area contributed by atoms with Crippen LogP contribution >= 0.6 is 24.0 Å². The Hall–Kier alpha value is -0.350. The van der Waals surface area contributed by atoms with Gasteiger partial charge in [0.15, 0.2) is 0 Å². The number of thiocarbonyl (C=S) groups is 1. The van der Waals surface area contributed by atoms with Gasteiger partial charge in [0.2, 0.25) is 5.91 Å². The van der Waals surface area contributed by atoms with Crippen LogP contribution in [0.1, 0.15) is 96.8 Å². The van der Waals surface area contributed by atoms with Gasteiger partial charge >= 0.3 is 0 Å². The standard InChI is InChI=1S/C21H37NOS2/c1-2-3-4-5-6-7-8-9-10-11-12-13-14-15-16-17-20(23)22-18-19-25-21(22)24/h9-10H,2-8,11-19H2,1H3/b10-9+. The van der Waals surface area contributed by atoms with Gasteiger partial charge in [-0.1, -0.05) is 94.4 Å². The summed E-state index contributed by atoms with van der Waals surface area (Å²) in [6, 6.07) is 0. The van der Waals surface area contributed by atoms with E-state index >= 15 is 0 Å². The van der Waals surface area contributed by atoms with Crippen molar-refractivity contribution in [2.24, 2.45) is 0 Å². The molecule has 0 bridgehead atoms. The number of carbonyl (C=O) groups excluding carboxylic acids is 1. The van der Waals surface area contributed by atoms with Crippen molar-refractivity contribution >= 4 is 34.2 Å². The molecule has 0 aromatic rings. The second-order valence-corrected chi connectivity index (χ2v) is 8.72. The lowest BCUT2D eigenvalue weighted by atomic mass is 10.1. The third-order valence-corrected chi connectivity index (χ3v) is 6.14. The number of thioether (sulfide) groups is 1. The van der Waals surface area contributed by atoms with Crippen molar-refractivity contribution in [3.63, 3.8) is 0 Å². The molecule has 1 saturated heterocycles. The molecule has 144 valence electrons. The fraction of sp³-hybridized carbons (Fsp3) is 0.810. The molecule has 0 spiro atoms. The summed E-state index contributed by atoms with van der Waals surface area (Å²) in [4.78, 5) is 13.8. The molecule has 0 atom stereocenters. The molecule has 0 aromatic heterocycles. The first-order valence-corrected chi connectivity index (χ1v) is 11.8. The summed E-state index contributed by atoms with van der Waals surface area (Å²) in [5, 5.41) is 0. The summed E-state index contributed by atoms with van der Waals surface area (Å²) < 4.78 is 0.776. The van der Waals surface area contributed by atoms with E-state index in [2.05, 4.69) is 19.1 Å². The number of nitrogens with zero attached hydrogens (tertiary/aromatic N) is 1. The lowest BCUT2D eigenvalue weighted by Crippen LogP contribution is -2.30. The van der Waals surface area contributed by atoms with E-state index in [1.165, 1.54) is 77.0 Å². The van der Waals surface area contributed by atoms with Crippen LogP contribution in [0.2, 0.25) is 0 Å². The van der Waals surface area contributed by atoms with Crippen molar-refractivity contribution in [1.29, 1.82) is 0 Å². The average molecular weight is 384 g/mol. The molecule has 2 nitrogen and oxygen atoms in total. The molecule has 0 aromatic carbocycles. The molecule has 0 unspecified atom stereocenters. The van der Waals surface area contributed by atoms with E-state index in [9.17, 15) is 4.79 Å². The van der Waals surface area contributed by atoms with E-state index in [0.29, 0.717) is 6.42 Å². The predicted molar refractivity (Wildman–Crippen MR) is 116 cm³/mol. The third kappa shape index (κ3) is 11.8. The Kier molecular flexibility index (Phi) is 14.4. The molecule has 1 heterocycles. The zero-order chi connectivity index (χ0) is 18.2. The highest BCUT2D eigenvalue weighted by molar-refractivity contribution is 8.23. The minimum atomic E-state index is 0.229. The molecule has 4 heteroatoms. The van der Waals surface area contributed by atoms with Gasteiger partial charge in [-0.3, -0.25) is 9.69 Å². The summed E-state index contributed by atoms with van der Waals surface area (Å²) in [6.45, 7) is 3.08. The van der Waals surface area contributed by atoms with Gasteiger partial charge in [-0.25, -0.2) is 0 Å². The first-order valence-electron chi connectivity index (χ1n) is 10.4. The summed E-state index contributed by atoms with van der Waals surface area (Å²) in [5.74, 6) is 1.20. The highest BCUT2D eigenvalue weighted by Crippen LogP contribution is 2.19. The molecule has 0 aliphatic carbocycles. The fourth-order valence-electron chi connectivity index (χ4n) is 3.10. The maximum atomic E-state index is 12.0. The third-order valence-electron chi connectivity index (χ3n) is 4.71. The lowest BCUT2D eigenvalue weighted by Gasteiger charge is -2.14. The number of amides is 1. The van der Waals surface area contributed by atoms with E-state index in [-0.39, 0.29) is 5.91 Å². The van der Waals surface area contributed by atoms with Crippen LogP contribution in [-0.4, -0.2) is 27.4 Å². The molecule has 1 aliphatic rings. The zero-order valence-corrected chi connectivity index (χ0v) is 17.8. The number of carbonyl (C=O) groups is 1. The Balaban J connectivity index is 1.82. The van der Waals surface area contributed by atoms with Crippen molar-refractivity contribution in [3.05, 3.63) is 12.2 Å². The van der Waals surface area contributed by atoms with Crippen molar-refractivity contribution in [2.45, 2.75) is 96.8 Å². The highest BCUT2D eigenvalue weighted by atomic mass is 32.2. The van der Waals surface area contributed by atoms with E-state index in [4.69, 9.17) is 12.2 Å². The first kappa shape index (κ1) is 22.7. The topological polar surface area (TPSA) is 20.3 Å². The Morgan fingerprint density at radius 3 is 2.08 bits per heavy atom. The Bertz CT molecular complexity index is 395. The van der Waals surface area contributed by atoms with Gasteiger partial charge < -0.3 is 0 Å². The van der Waals surface area contributed by atoms with Gasteiger partial charge in [-0.2, -0.15) is 0 Å². The van der Waals surface area contributed by atoms with Gasteiger partial charge in [-0.05, 0) is 32.1 Å². The molecule has 25 heavy (non-hydrogen) atoms. The average Bonchev–Trinajstić information content (AvgIpc) is 3.04. The number of allylic oxidation sites excluding steroid dienone is 2. The summed E-state index contributed by atoms with van der Waals surface area (Å²) in [6.07, 6.45) is 22.2. The molecular formula is C21H37NOS2. The molecule has 1 aliphatic heterocycles. The normalized spacial score (nSPS) is 14.8. The van der Waals surface area contributed by atoms with Crippen LogP contribution in [0.4, 0.5) is 0 Å². The maximum Gasteiger partial charge on any atom is 0.228 e. The van der Waals surface area contributed by atoms with E-state index in [1.807, 2.05) is 0 Å². The van der Waals surface area contributed by atoms with Crippen LogP contribution in [-0.2, 0) is 4.79 Å². The molecule has 1 fully saturated rings. The minimum Gasteiger partial charge on any atom is -0.297 e. The van der Waals surface area contributed by atoms with Crippen LogP contribution in [0.15, 0.2) is 12.2 Å². The van der Waals surface area contributed by atoms with Gasteiger partial charge in [0.1, 0.15) is 4.32 Å². The second kappa shape index (κ2) is 15.9. The van der Waals surface area contributed by atoms with Crippen molar-refractivity contribution in [3.8, 4) is 0 Å². The second-order valence-electron chi connectivity index (χ2n) is 6.99. The minimum absolute atomic E-state index is 0.229. The Morgan fingerprint density at radius 1 is 0.960 bits per heavy atom. The maximum absolute atomic E-state index is 12.0.